The van der Waals surface area contributed by atoms with Crippen molar-refractivity contribution >= 4 is 23.4 Å². The summed E-state index contributed by atoms with van der Waals surface area (Å²) in [5, 5.41) is 0.742. The average molecular weight is 267 g/mol. The van der Waals surface area contributed by atoms with Crippen LogP contribution >= 0.6 is 11.8 Å². The molecule has 0 aliphatic carbocycles. The molecule has 0 radical (unpaired) electrons. The van der Waals surface area contributed by atoms with Gasteiger partial charge in [0.2, 0.25) is 0 Å². The molecule has 6 heteroatoms. The zero-order chi connectivity index (χ0) is 13.3. The van der Waals surface area contributed by atoms with Crippen LogP contribution in [0.4, 0.5) is 11.6 Å². The van der Waals surface area contributed by atoms with Gasteiger partial charge in [0.05, 0.1) is 0 Å². The van der Waals surface area contributed by atoms with E-state index >= 15 is 0 Å². The van der Waals surface area contributed by atoms with E-state index in [0.717, 1.165) is 24.1 Å². The van der Waals surface area contributed by atoms with Gasteiger partial charge in [0.25, 0.3) is 0 Å². The van der Waals surface area contributed by atoms with E-state index < -0.39 is 0 Å². The molecule has 5 nitrogen and oxygen atoms in total. The molecular weight excluding hydrogens is 246 g/mol. The van der Waals surface area contributed by atoms with E-state index in [1.165, 1.54) is 11.8 Å². The van der Waals surface area contributed by atoms with Crippen LogP contribution in [0, 0.1) is 5.92 Å². The van der Waals surface area contributed by atoms with Gasteiger partial charge in [-0.3, -0.25) is 0 Å². The number of nitrogens with zero attached hydrogens (tertiary/aromatic N) is 4. The Bertz CT molecular complexity index is 423. The molecule has 0 saturated carbocycles. The van der Waals surface area contributed by atoms with Crippen LogP contribution in [0.5, 0.6) is 0 Å². The number of thioether (sulfide) groups is 1. The van der Waals surface area contributed by atoms with E-state index in [-0.39, 0.29) is 0 Å². The second-order valence-corrected chi connectivity index (χ2v) is 5.82. The van der Waals surface area contributed by atoms with Crippen molar-refractivity contribution in [1.82, 2.24) is 14.9 Å². The molecule has 2 unspecified atom stereocenters. The molecule has 0 spiro atoms. The molecule has 1 aromatic rings. The number of rotatable bonds is 3. The fraction of sp³-hybridized carbons (Fsp3) is 0.667. The van der Waals surface area contributed by atoms with Crippen LogP contribution in [0.3, 0.4) is 0 Å². The standard InChI is InChI=1S/C12H21N5S/c1-8-6-17(7-9(8)16(2)3)11-5-10(13)14-12(15-11)18-4/h5,8-9H,6-7H2,1-4H3,(H2,13,14,15). The van der Waals surface area contributed by atoms with Crippen LogP contribution in [-0.2, 0) is 0 Å². The number of hydrogen-bond acceptors (Lipinski definition) is 6. The average Bonchev–Trinajstić information content (AvgIpc) is 2.70. The number of anilines is 2. The lowest BCUT2D eigenvalue weighted by Gasteiger charge is -2.22. The third-order valence-electron chi connectivity index (χ3n) is 3.45. The molecule has 1 saturated heterocycles. The molecule has 0 aromatic carbocycles. The Balaban J connectivity index is 2.20. The van der Waals surface area contributed by atoms with Crippen LogP contribution in [0.1, 0.15) is 6.92 Å². The lowest BCUT2D eigenvalue weighted by atomic mass is 10.1. The van der Waals surface area contributed by atoms with E-state index in [2.05, 4.69) is 40.8 Å². The minimum absolute atomic E-state index is 0.547. The summed E-state index contributed by atoms with van der Waals surface area (Å²) in [4.78, 5) is 13.3. The summed E-state index contributed by atoms with van der Waals surface area (Å²) in [6.07, 6.45) is 1.97. The van der Waals surface area contributed by atoms with Gasteiger partial charge in [0.15, 0.2) is 5.16 Å². The summed E-state index contributed by atoms with van der Waals surface area (Å²) in [6, 6.07) is 2.43. The third kappa shape index (κ3) is 2.70. The smallest absolute Gasteiger partial charge is 0.191 e. The minimum atomic E-state index is 0.547. The Morgan fingerprint density at radius 2 is 2.11 bits per heavy atom. The van der Waals surface area contributed by atoms with Gasteiger partial charge >= 0.3 is 0 Å². The van der Waals surface area contributed by atoms with Crippen molar-refractivity contribution in [2.75, 3.05) is 44.1 Å². The Kier molecular flexibility index (Phi) is 3.97. The molecule has 2 heterocycles. The topological polar surface area (TPSA) is 58.3 Å². The van der Waals surface area contributed by atoms with Crippen molar-refractivity contribution in [2.24, 2.45) is 5.92 Å². The number of nitrogens with two attached hydrogens (primary N) is 1. The maximum absolute atomic E-state index is 5.83. The number of likely N-dealkylation sites (N-methyl/N-ethyl adjacent to an activating group) is 1. The van der Waals surface area contributed by atoms with E-state index in [1.807, 2.05) is 12.3 Å². The Labute approximate surface area is 113 Å². The van der Waals surface area contributed by atoms with Crippen molar-refractivity contribution in [3.8, 4) is 0 Å². The molecule has 2 N–H and O–H groups in total. The molecule has 1 fully saturated rings. The summed E-state index contributed by atoms with van der Waals surface area (Å²) in [7, 11) is 4.26. The number of aromatic nitrogens is 2. The molecule has 1 aliphatic heterocycles. The Hall–Kier alpha value is -1.01. The van der Waals surface area contributed by atoms with Crippen molar-refractivity contribution in [2.45, 2.75) is 18.1 Å². The molecule has 100 valence electrons. The van der Waals surface area contributed by atoms with Gasteiger partial charge in [0, 0.05) is 25.2 Å². The molecule has 2 atom stereocenters. The number of hydrogen-bond donors (Lipinski definition) is 1. The quantitative estimate of drug-likeness (QED) is 0.655. The van der Waals surface area contributed by atoms with Crippen molar-refractivity contribution in [3.05, 3.63) is 6.07 Å². The summed E-state index contributed by atoms with van der Waals surface area (Å²) in [5.41, 5.74) is 5.83. The second kappa shape index (κ2) is 5.32. The van der Waals surface area contributed by atoms with E-state index in [4.69, 9.17) is 5.73 Å². The molecule has 0 bridgehead atoms. The highest BCUT2D eigenvalue weighted by molar-refractivity contribution is 7.98. The van der Waals surface area contributed by atoms with Crippen LogP contribution in [-0.4, -0.2) is 54.4 Å². The van der Waals surface area contributed by atoms with E-state index in [9.17, 15) is 0 Å². The lowest BCUT2D eigenvalue weighted by Crippen LogP contribution is -2.34. The molecule has 2 rings (SSSR count). The van der Waals surface area contributed by atoms with Gasteiger partial charge in [-0.1, -0.05) is 18.7 Å². The zero-order valence-corrected chi connectivity index (χ0v) is 12.2. The van der Waals surface area contributed by atoms with Crippen molar-refractivity contribution in [1.29, 1.82) is 0 Å². The largest absolute Gasteiger partial charge is 0.383 e. The predicted molar refractivity (Wildman–Crippen MR) is 77.1 cm³/mol. The van der Waals surface area contributed by atoms with Gasteiger partial charge in [-0.15, -0.1) is 0 Å². The highest BCUT2D eigenvalue weighted by atomic mass is 32.2. The van der Waals surface area contributed by atoms with Crippen LogP contribution < -0.4 is 10.6 Å². The van der Waals surface area contributed by atoms with Gasteiger partial charge in [0.1, 0.15) is 11.6 Å². The van der Waals surface area contributed by atoms with Gasteiger partial charge in [-0.2, -0.15) is 0 Å². The summed E-state index contributed by atoms with van der Waals surface area (Å²) < 4.78 is 0. The zero-order valence-electron chi connectivity index (χ0n) is 11.4. The van der Waals surface area contributed by atoms with Crippen molar-refractivity contribution in [3.63, 3.8) is 0 Å². The second-order valence-electron chi connectivity index (χ2n) is 5.05. The monoisotopic (exact) mass is 267 g/mol. The SMILES string of the molecule is CSc1nc(N)cc(N2CC(C)C(N(C)C)C2)n1. The maximum Gasteiger partial charge on any atom is 0.191 e. The highest BCUT2D eigenvalue weighted by Gasteiger charge is 2.31. The van der Waals surface area contributed by atoms with Gasteiger partial charge in [-0.25, -0.2) is 9.97 Å². The lowest BCUT2D eigenvalue weighted by molar-refractivity contribution is 0.266. The Morgan fingerprint density at radius 3 is 2.67 bits per heavy atom. The normalized spacial score (nSPS) is 23.9. The maximum atomic E-state index is 5.83. The molecule has 0 amide bonds. The van der Waals surface area contributed by atoms with E-state index in [0.29, 0.717) is 17.8 Å². The van der Waals surface area contributed by atoms with Crippen LogP contribution in [0.25, 0.3) is 0 Å². The predicted octanol–water partition coefficient (Wildman–Crippen LogP) is 1.17. The summed E-state index contributed by atoms with van der Waals surface area (Å²) in [6.45, 7) is 4.30. The van der Waals surface area contributed by atoms with Gasteiger partial charge < -0.3 is 15.5 Å². The fourth-order valence-corrected chi connectivity index (χ4v) is 2.87. The summed E-state index contributed by atoms with van der Waals surface area (Å²) >= 11 is 1.52. The van der Waals surface area contributed by atoms with Crippen molar-refractivity contribution < 1.29 is 0 Å². The first kappa shape index (κ1) is 13.4. The summed E-state index contributed by atoms with van der Waals surface area (Å²) in [5.74, 6) is 2.13. The molecule has 18 heavy (non-hydrogen) atoms. The first-order chi connectivity index (χ1) is 8.51. The molecule has 1 aromatic heterocycles. The van der Waals surface area contributed by atoms with Crippen LogP contribution in [0.2, 0.25) is 0 Å². The Morgan fingerprint density at radius 1 is 1.39 bits per heavy atom. The van der Waals surface area contributed by atoms with E-state index in [1.54, 1.807) is 0 Å². The van der Waals surface area contributed by atoms with Crippen LogP contribution in [0.15, 0.2) is 11.2 Å². The third-order valence-corrected chi connectivity index (χ3v) is 4.00. The van der Waals surface area contributed by atoms with Gasteiger partial charge in [-0.05, 0) is 26.3 Å². The minimum Gasteiger partial charge on any atom is -0.383 e. The number of nitrogen functional groups attached to an aromatic ring is 1. The molecule has 1 aliphatic rings. The highest BCUT2D eigenvalue weighted by Crippen LogP contribution is 2.26. The first-order valence-corrected chi connectivity index (χ1v) is 7.33. The first-order valence-electron chi connectivity index (χ1n) is 6.11. The molecular formula is C12H21N5S. The fourth-order valence-electron chi connectivity index (χ4n) is 2.49.